The van der Waals surface area contributed by atoms with Crippen molar-refractivity contribution in [3.63, 3.8) is 0 Å². The normalized spacial score (nSPS) is 12.4. The Morgan fingerprint density at radius 1 is 1.06 bits per heavy atom. The summed E-state index contributed by atoms with van der Waals surface area (Å²) in [5.41, 5.74) is 0.958. The first-order valence-electron chi connectivity index (χ1n) is 4.86. The monoisotopic (exact) mass is 280 g/mol. The molecule has 2 aromatic carbocycles. The smallest absolute Gasteiger partial charge is 0.129 e. The Hall–Kier alpha value is -1.19. The first-order valence-corrected chi connectivity index (χ1v) is 5.66. The molecule has 1 atom stereocenters. The van der Waals surface area contributed by atoms with Crippen molar-refractivity contribution in [3.8, 4) is 0 Å². The highest BCUT2D eigenvalue weighted by Gasteiger charge is 2.14. The molecule has 16 heavy (non-hydrogen) atoms. The van der Waals surface area contributed by atoms with E-state index in [1.54, 1.807) is 30.3 Å². The summed E-state index contributed by atoms with van der Waals surface area (Å²) in [6.07, 6.45) is -0.932. The molecule has 0 fully saturated rings. The van der Waals surface area contributed by atoms with E-state index in [0.29, 0.717) is 11.1 Å². The van der Waals surface area contributed by atoms with Gasteiger partial charge in [0.2, 0.25) is 0 Å². The molecule has 1 nitrogen and oxygen atoms in total. The SMILES string of the molecule is O[C@@H](c1cccc(Br)c1)c1ccccc1F. The van der Waals surface area contributed by atoms with Gasteiger partial charge in [0.05, 0.1) is 0 Å². The Morgan fingerprint density at radius 2 is 1.81 bits per heavy atom. The fourth-order valence-electron chi connectivity index (χ4n) is 1.55. The second-order valence-corrected chi connectivity index (χ2v) is 4.39. The van der Waals surface area contributed by atoms with E-state index in [-0.39, 0.29) is 0 Å². The molecule has 0 aliphatic heterocycles. The minimum Gasteiger partial charge on any atom is -0.384 e. The van der Waals surface area contributed by atoms with Gasteiger partial charge < -0.3 is 5.11 Å². The molecule has 0 aromatic heterocycles. The van der Waals surface area contributed by atoms with Crippen LogP contribution in [0.5, 0.6) is 0 Å². The van der Waals surface area contributed by atoms with Crippen LogP contribution in [-0.2, 0) is 0 Å². The van der Waals surface area contributed by atoms with E-state index in [4.69, 9.17) is 0 Å². The molecule has 0 aliphatic carbocycles. The van der Waals surface area contributed by atoms with Gasteiger partial charge in [0.1, 0.15) is 11.9 Å². The summed E-state index contributed by atoms with van der Waals surface area (Å²) in [6.45, 7) is 0. The van der Waals surface area contributed by atoms with Crippen molar-refractivity contribution in [3.05, 3.63) is 69.9 Å². The van der Waals surface area contributed by atoms with Crippen LogP contribution in [0.2, 0.25) is 0 Å². The maximum absolute atomic E-state index is 13.5. The zero-order valence-corrected chi connectivity index (χ0v) is 9.99. The Balaban J connectivity index is 2.39. The van der Waals surface area contributed by atoms with Crippen LogP contribution in [0.15, 0.2) is 53.0 Å². The average molecular weight is 281 g/mol. The molecule has 82 valence electrons. The van der Waals surface area contributed by atoms with Crippen LogP contribution >= 0.6 is 15.9 Å². The van der Waals surface area contributed by atoms with E-state index in [9.17, 15) is 9.50 Å². The molecule has 0 heterocycles. The van der Waals surface area contributed by atoms with Gasteiger partial charge in [-0.2, -0.15) is 0 Å². The molecule has 0 radical (unpaired) electrons. The topological polar surface area (TPSA) is 20.2 Å². The number of hydrogen-bond donors (Lipinski definition) is 1. The predicted octanol–water partition coefficient (Wildman–Crippen LogP) is 3.67. The molecule has 0 amide bonds. The molecule has 0 saturated carbocycles. The number of hydrogen-bond acceptors (Lipinski definition) is 1. The van der Waals surface area contributed by atoms with Crippen LogP contribution in [0, 0.1) is 5.82 Å². The standard InChI is InChI=1S/C13H10BrFO/c14-10-5-3-4-9(8-10)13(16)11-6-1-2-7-12(11)15/h1-8,13,16H/t13-/m0/s1. The van der Waals surface area contributed by atoms with Gasteiger partial charge in [-0.25, -0.2) is 4.39 Å². The summed E-state index contributed by atoms with van der Waals surface area (Å²) < 4.78 is 14.3. The molecule has 0 saturated heterocycles. The zero-order chi connectivity index (χ0) is 11.5. The van der Waals surface area contributed by atoms with Crippen molar-refractivity contribution >= 4 is 15.9 Å². The van der Waals surface area contributed by atoms with E-state index >= 15 is 0 Å². The van der Waals surface area contributed by atoms with E-state index in [0.717, 1.165) is 4.47 Å². The van der Waals surface area contributed by atoms with Crippen molar-refractivity contribution in [2.75, 3.05) is 0 Å². The third-order valence-corrected chi connectivity index (χ3v) is 2.86. The summed E-state index contributed by atoms with van der Waals surface area (Å²) in [7, 11) is 0. The fourth-order valence-corrected chi connectivity index (χ4v) is 1.97. The molecule has 1 N–H and O–H groups in total. The number of aliphatic hydroxyl groups is 1. The molecule has 0 unspecified atom stereocenters. The summed E-state index contributed by atoms with van der Waals surface area (Å²) in [5, 5.41) is 10.0. The lowest BCUT2D eigenvalue weighted by atomic mass is 10.0. The average Bonchev–Trinajstić information content (AvgIpc) is 2.29. The van der Waals surface area contributed by atoms with E-state index < -0.39 is 11.9 Å². The molecule has 2 aromatic rings. The van der Waals surface area contributed by atoms with Crippen LogP contribution in [0.4, 0.5) is 4.39 Å². The van der Waals surface area contributed by atoms with Crippen molar-refractivity contribution in [2.45, 2.75) is 6.10 Å². The Labute approximate surface area is 102 Å². The molecule has 3 heteroatoms. The summed E-state index contributed by atoms with van der Waals surface area (Å²) in [6, 6.07) is 13.4. The molecule has 0 aliphatic rings. The van der Waals surface area contributed by atoms with Gasteiger partial charge in [0.15, 0.2) is 0 Å². The van der Waals surface area contributed by atoms with Crippen LogP contribution in [-0.4, -0.2) is 5.11 Å². The number of halogens is 2. The molecular weight excluding hydrogens is 271 g/mol. The summed E-state index contributed by atoms with van der Waals surface area (Å²) >= 11 is 3.32. The van der Waals surface area contributed by atoms with E-state index in [2.05, 4.69) is 15.9 Å². The molecule has 0 bridgehead atoms. The Bertz CT molecular complexity index is 499. The van der Waals surface area contributed by atoms with Gasteiger partial charge >= 0.3 is 0 Å². The second kappa shape index (κ2) is 4.76. The maximum Gasteiger partial charge on any atom is 0.129 e. The zero-order valence-electron chi connectivity index (χ0n) is 8.40. The van der Waals surface area contributed by atoms with Gasteiger partial charge in [-0.15, -0.1) is 0 Å². The maximum atomic E-state index is 13.5. The number of benzene rings is 2. The minimum atomic E-state index is -0.932. The lowest BCUT2D eigenvalue weighted by Gasteiger charge is -2.12. The van der Waals surface area contributed by atoms with Gasteiger partial charge in [0.25, 0.3) is 0 Å². The van der Waals surface area contributed by atoms with Crippen LogP contribution < -0.4 is 0 Å². The minimum absolute atomic E-state index is 0.292. The highest BCUT2D eigenvalue weighted by atomic mass is 79.9. The van der Waals surface area contributed by atoms with Crippen molar-refractivity contribution in [2.24, 2.45) is 0 Å². The van der Waals surface area contributed by atoms with Crippen molar-refractivity contribution in [1.29, 1.82) is 0 Å². The number of aliphatic hydroxyl groups excluding tert-OH is 1. The van der Waals surface area contributed by atoms with E-state index in [1.807, 2.05) is 12.1 Å². The third kappa shape index (κ3) is 2.31. The Morgan fingerprint density at radius 3 is 2.50 bits per heavy atom. The van der Waals surface area contributed by atoms with Crippen LogP contribution in [0.25, 0.3) is 0 Å². The van der Waals surface area contributed by atoms with Crippen molar-refractivity contribution in [1.82, 2.24) is 0 Å². The molecule has 0 spiro atoms. The summed E-state index contributed by atoms with van der Waals surface area (Å²) in [5.74, 6) is -0.394. The molecule has 2 rings (SSSR count). The van der Waals surface area contributed by atoms with Gasteiger partial charge in [-0.05, 0) is 23.8 Å². The largest absolute Gasteiger partial charge is 0.384 e. The van der Waals surface area contributed by atoms with Gasteiger partial charge in [-0.1, -0.05) is 46.3 Å². The van der Waals surface area contributed by atoms with Gasteiger partial charge in [-0.3, -0.25) is 0 Å². The fraction of sp³-hybridized carbons (Fsp3) is 0.0769. The quantitative estimate of drug-likeness (QED) is 0.890. The van der Waals surface area contributed by atoms with Crippen LogP contribution in [0.1, 0.15) is 17.2 Å². The van der Waals surface area contributed by atoms with Crippen LogP contribution in [0.3, 0.4) is 0 Å². The first-order chi connectivity index (χ1) is 7.68. The second-order valence-electron chi connectivity index (χ2n) is 3.48. The summed E-state index contributed by atoms with van der Waals surface area (Å²) in [4.78, 5) is 0. The Kier molecular flexibility index (Phi) is 3.36. The van der Waals surface area contributed by atoms with E-state index in [1.165, 1.54) is 6.07 Å². The lowest BCUT2D eigenvalue weighted by molar-refractivity contribution is 0.215. The molecular formula is C13H10BrFO. The first kappa shape index (κ1) is 11.3. The number of rotatable bonds is 2. The third-order valence-electron chi connectivity index (χ3n) is 2.36. The highest BCUT2D eigenvalue weighted by Crippen LogP contribution is 2.25. The van der Waals surface area contributed by atoms with Gasteiger partial charge in [0, 0.05) is 10.0 Å². The van der Waals surface area contributed by atoms with Crippen molar-refractivity contribution < 1.29 is 9.50 Å². The lowest BCUT2D eigenvalue weighted by Crippen LogP contribution is -2.02. The highest BCUT2D eigenvalue weighted by molar-refractivity contribution is 9.10. The predicted molar refractivity (Wildman–Crippen MR) is 64.6 cm³/mol.